The van der Waals surface area contributed by atoms with Crippen LogP contribution in [0.25, 0.3) is 0 Å². The first-order chi connectivity index (χ1) is 12.8. The van der Waals surface area contributed by atoms with Crippen molar-refractivity contribution in [1.82, 2.24) is 4.90 Å². The number of nitrogens with zero attached hydrogens (tertiary/aromatic N) is 1. The first-order valence-electron chi connectivity index (χ1n) is 8.46. The lowest BCUT2D eigenvalue weighted by molar-refractivity contribution is -0.161. The summed E-state index contributed by atoms with van der Waals surface area (Å²) < 4.78 is 0. The molecule has 0 aliphatic carbocycles. The van der Waals surface area contributed by atoms with Gasteiger partial charge in [0, 0.05) is 22.8 Å². The van der Waals surface area contributed by atoms with E-state index in [1.807, 2.05) is 6.07 Å². The number of hydrogen-bond acceptors (Lipinski definition) is 6. The molecule has 1 saturated heterocycles. The Morgan fingerprint density at radius 1 is 1.30 bits per heavy atom. The van der Waals surface area contributed by atoms with Crippen LogP contribution in [0.15, 0.2) is 40.9 Å². The molecule has 3 rings (SSSR count). The van der Waals surface area contributed by atoms with Gasteiger partial charge in [0.1, 0.15) is 11.7 Å². The first-order valence-corrected chi connectivity index (χ1v) is 9.44. The van der Waals surface area contributed by atoms with Gasteiger partial charge in [0.05, 0.1) is 18.1 Å². The number of β-lactam (4-membered cyclic amide) rings is 1. The molecule has 9 heteroatoms. The topological polar surface area (TPSA) is 127 Å². The molecule has 4 atom stereocenters. The van der Waals surface area contributed by atoms with E-state index in [0.717, 1.165) is 11.8 Å². The van der Waals surface area contributed by atoms with Gasteiger partial charge in [-0.25, -0.2) is 9.59 Å². The number of carboxylic acids is 2. The molecular weight excluding hydrogens is 372 g/mol. The number of carbonyl (C=O) groups is 3. The highest BCUT2D eigenvalue weighted by atomic mass is 32.2. The number of aliphatic hydroxyl groups excluding tert-OH is 1. The quantitative estimate of drug-likeness (QED) is 0.486. The molecular formula is C18H20N2O6S. The first kappa shape index (κ1) is 19.2. The lowest BCUT2D eigenvalue weighted by atomic mass is 9.83. The van der Waals surface area contributed by atoms with Crippen LogP contribution in [0, 0.1) is 5.92 Å². The SMILES string of the molecule is CC(O)[C@H]1C(=O)N2C(C(=O)O)=C(SC[C@H](Nc3ccccc3)C(=O)O)C[C@H]12. The number of nitrogens with one attached hydrogen (secondary N) is 1. The molecule has 2 aliphatic heterocycles. The van der Waals surface area contributed by atoms with Crippen molar-refractivity contribution in [2.45, 2.75) is 31.5 Å². The van der Waals surface area contributed by atoms with E-state index in [2.05, 4.69) is 5.32 Å². The van der Waals surface area contributed by atoms with Gasteiger partial charge in [0.15, 0.2) is 0 Å². The number of aliphatic carboxylic acids is 2. The predicted molar refractivity (Wildman–Crippen MR) is 99.0 cm³/mol. The van der Waals surface area contributed by atoms with E-state index >= 15 is 0 Å². The molecule has 1 unspecified atom stereocenters. The molecule has 2 aliphatic rings. The number of fused-ring (bicyclic) bond motifs is 1. The Morgan fingerprint density at radius 3 is 2.52 bits per heavy atom. The van der Waals surface area contributed by atoms with Gasteiger partial charge in [0.25, 0.3) is 0 Å². The van der Waals surface area contributed by atoms with Crippen molar-refractivity contribution in [2.24, 2.45) is 5.92 Å². The van der Waals surface area contributed by atoms with Gasteiger partial charge in [-0.15, -0.1) is 11.8 Å². The zero-order valence-corrected chi connectivity index (χ0v) is 15.3. The van der Waals surface area contributed by atoms with Crippen molar-refractivity contribution in [1.29, 1.82) is 0 Å². The third-order valence-electron chi connectivity index (χ3n) is 4.73. The number of rotatable bonds is 8. The van der Waals surface area contributed by atoms with Crippen LogP contribution in [0.1, 0.15) is 13.3 Å². The van der Waals surface area contributed by atoms with Crippen LogP contribution in [0.3, 0.4) is 0 Å². The zero-order valence-electron chi connectivity index (χ0n) is 14.5. The maximum Gasteiger partial charge on any atom is 0.353 e. The van der Waals surface area contributed by atoms with Crippen molar-refractivity contribution in [3.63, 3.8) is 0 Å². The van der Waals surface area contributed by atoms with Gasteiger partial charge in [0.2, 0.25) is 5.91 Å². The summed E-state index contributed by atoms with van der Waals surface area (Å²) in [4.78, 5) is 37.0. The van der Waals surface area contributed by atoms with E-state index in [9.17, 15) is 29.7 Å². The molecule has 144 valence electrons. The van der Waals surface area contributed by atoms with Crippen LogP contribution in [-0.4, -0.2) is 62.0 Å². The van der Waals surface area contributed by atoms with E-state index in [4.69, 9.17) is 0 Å². The highest BCUT2D eigenvalue weighted by Gasteiger charge is 2.56. The van der Waals surface area contributed by atoms with Crippen molar-refractivity contribution < 1.29 is 29.7 Å². The van der Waals surface area contributed by atoms with Gasteiger partial charge in [-0.05, 0) is 19.1 Å². The van der Waals surface area contributed by atoms with Crippen LogP contribution >= 0.6 is 11.8 Å². The molecule has 1 aromatic rings. The molecule has 2 heterocycles. The van der Waals surface area contributed by atoms with E-state index in [0.29, 0.717) is 17.0 Å². The molecule has 0 radical (unpaired) electrons. The van der Waals surface area contributed by atoms with Gasteiger partial charge < -0.3 is 25.5 Å². The lowest BCUT2D eigenvalue weighted by Crippen LogP contribution is -2.61. The predicted octanol–water partition coefficient (Wildman–Crippen LogP) is 1.19. The van der Waals surface area contributed by atoms with Gasteiger partial charge in [-0.1, -0.05) is 18.2 Å². The Morgan fingerprint density at radius 2 is 1.96 bits per heavy atom. The van der Waals surface area contributed by atoms with Crippen molar-refractivity contribution in [3.8, 4) is 0 Å². The summed E-state index contributed by atoms with van der Waals surface area (Å²) in [5.41, 5.74) is 0.549. The molecule has 1 amide bonds. The summed E-state index contributed by atoms with van der Waals surface area (Å²) in [5, 5.41) is 31.6. The fraction of sp³-hybridized carbons (Fsp3) is 0.389. The highest BCUT2D eigenvalue weighted by Crippen LogP contribution is 2.47. The number of amides is 1. The fourth-order valence-corrected chi connectivity index (χ4v) is 4.66. The molecule has 1 fully saturated rings. The number of hydrogen-bond donors (Lipinski definition) is 4. The second-order valence-corrected chi connectivity index (χ2v) is 7.65. The lowest BCUT2D eigenvalue weighted by Gasteiger charge is -2.44. The highest BCUT2D eigenvalue weighted by molar-refractivity contribution is 8.03. The Hall–Kier alpha value is -2.52. The van der Waals surface area contributed by atoms with Gasteiger partial charge >= 0.3 is 11.9 Å². The van der Waals surface area contributed by atoms with Crippen molar-refractivity contribution in [2.75, 3.05) is 11.1 Å². The van der Waals surface area contributed by atoms with Crippen LogP contribution in [0.5, 0.6) is 0 Å². The number of para-hydroxylation sites is 1. The van der Waals surface area contributed by atoms with E-state index < -0.39 is 35.9 Å². The maximum absolute atomic E-state index is 12.2. The van der Waals surface area contributed by atoms with Gasteiger partial charge in [-0.2, -0.15) is 0 Å². The minimum atomic E-state index is -1.22. The van der Waals surface area contributed by atoms with Crippen LogP contribution in [0.4, 0.5) is 5.69 Å². The van der Waals surface area contributed by atoms with Crippen molar-refractivity contribution in [3.05, 3.63) is 40.9 Å². The van der Waals surface area contributed by atoms with E-state index in [1.54, 1.807) is 24.3 Å². The normalized spacial score (nSPS) is 23.5. The van der Waals surface area contributed by atoms with Crippen LogP contribution in [-0.2, 0) is 14.4 Å². The average molecular weight is 392 g/mol. The fourth-order valence-electron chi connectivity index (χ4n) is 3.45. The maximum atomic E-state index is 12.2. The number of thioether (sulfide) groups is 1. The van der Waals surface area contributed by atoms with Crippen LogP contribution < -0.4 is 5.32 Å². The minimum absolute atomic E-state index is 0.101. The second-order valence-electron chi connectivity index (χ2n) is 6.54. The Bertz CT molecular complexity index is 794. The molecule has 0 spiro atoms. The largest absolute Gasteiger partial charge is 0.480 e. The molecule has 8 nitrogen and oxygen atoms in total. The average Bonchev–Trinajstić information content (AvgIpc) is 2.93. The third kappa shape index (κ3) is 3.65. The Kier molecular flexibility index (Phi) is 5.43. The number of benzene rings is 1. The Labute approximate surface area is 159 Å². The standard InChI is InChI=1S/C18H20N2O6S/c1-9(21)14-12-7-13(15(18(25)26)20(12)16(14)22)27-8-11(17(23)24)19-10-5-3-2-4-6-10/h2-6,9,11-12,14,19,21H,7-8H2,1H3,(H,23,24)(H,25,26)/t9?,11-,12+,14+/m0/s1. The number of carbonyl (C=O) groups excluding carboxylic acids is 1. The summed E-state index contributed by atoms with van der Waals surface area (Å²) in [5.74, 6) is -3.19. The van der Waals surface area contributed by atoms with Crippen molar-refractivity contribution >= 4 is 35.3 Å². The summed E-state index contributed by atoms with van der Waals surface area (Å²) in [6, 6.07) is 7.57. The number of carboxylic acid groups (broad SMARTS) is 2. The molecule has 1 aromatic carbocycles. The van der Waals surface area contributed by atoms with Crippen LogP contribution in [0.2, 0.25) is 0 Å². The number of aliphatic hydroxyl groups is 1. The molecule has 0 aromatic heterocycles. The molecule has 27 heavy (non-hydrogen) atoms. The molecule has 0 saturated carbocycles. The number of anilines is 1. The zero-order chi connectivity index (χ0) is 19.7. The van der Waals surface area contributed by atoms with E-state index in [-0.39, 0.29) is 17.5 Å². The summed E-state index contributed by atoms with van der Waals surface area (Å²) in [7, 11) is 0. The molecule has 4 N–H and O–H groups in total. The minimum Gasteiger partial charge on any atom is -0.480 e. The second kappa shape index (κ2) is 7.61. The summed E-state index contributed by atoms with van der Waals surface area (Å²) in [6.45, 7) is 1.51. The van der Waals surface area contributed by atoms with E-state index in [1.165, 1.54) is 11.8 Å². The smallest absolute Gasteiger partial charge is 0.353 e. The van der Waals surface area contributed by atoms with Gasteiger partial charge in [-0.3, -0.25) is 4.79 Å². The summed E-state index contributed by atoms with van der Waals surface area (Å²) >= 11 is 1.12. The Balaban J connectivity index is 1.73. The third-order valence-corrected chi connectivity index (χ3v) is 5.94. The monoisotopic (exact) mass is 392 g/mol. The summed E-state index contributed by atoms with van der Waals surface area (Å²) in [6.07, 6.45) is -0.546. The molecule has 0 bridgehead atoms.